The number of hydrogen-bond acceptors (Lipinski definition) is 1. The lowest BCUT2D eigenvalue weighted by atomic mass is 9.88. The number of allylic oxidation sites excluding steroid dienone is 2. The number of ether oxygens (including phenoxy) is 1. The summed E-state index contributed by atoms with van der Waals surface area (Å²) in [6.45, 7) is 2.30. The zero-order valence-electron chi connectivity index (χ0n) is 8.93. The summed E-state index contributed by atoms with van der Waals surface area (Å²) in [6, 6.07) is 0. The molecule has 2 unspecified atom stereocenters. The molecule has 1 aliphatic carbocycles. The van der Waals surface area contributed by atoms with E-state index < -0.39 is 0 Å². The molecule has 1 nitrogen and oxygen atoms in total. The Morgan fingerprint density at radius 1 is 1.33 bits per heavy atom. The maximum atomic E-state index is 5.75. The number of halogens is 2. The second kappa shape index (κ2) is 4.80. The van der Waals surface area contributed by atoms with E-state index in [1.807, 2.05) is 0 Å². The molecule has 2 aliphatic rings. The first-order chi connectivity index (χ1) is 7.16. The summed E-state index contributed by atoms with van der Waals surface area (Å²) in [5.41, 5.74) is 1.44. The van der Waals surface area contributed by atoms with Crippen LogP contribution in [0.3, 0.4) is 0 Å². The molecule has 15 heavy (non-hydrogen) atoms. The van der Waals surface area contributed by atoms with E-state index in [0.717, 1.165) is 24.5 Å². The summed E-state index contributed by atoms with van der Waals surface area (Å²) in [5.74, 6) is 1.59. The molecule has 1 fully saturated rings. The van der Waals surface area contributed by atoms with E-state index >= 15 is 0 Å². The monoisotopic (exact) mass is 246 g/mol. The van der Waals surface area contributed by atoms with Gasteiger partial charge in [-0.15, -0.1) is 0 Å². The van der Waals surface area contributed by atoms with Crippen LogP contribution >= 0.6 is 23.2 Å². The predicted molar refractivity (Wildman–Crippen MR) is 63.9 cm³/mol. The Hall–Kier alpha value is -0.140. The summed E-state index contributed by atoms with van der Waals surface area (Å²) >= 11 is 11.4. The van der Waals surface area contributed by atoms with Crippen molar-refractivity contribution in [2.45, 2.75) is 45.1 Å². The third-order valence-corrected chi connectivity index (χ3v) is 3.67. The standard InChI is InChI=1S/C12H16Cl2O/c1-8-2-4-9(5-3-8)10-6-7-11(15-10)12(13)14/h4,8,10H,2-3,5-7H2,1H3. The Balaban J connectivity index is 2.00. The van der Waals surface area contributed by atoms with Gasteiger partial charge in [0.15, 0.2) is 0 Å². The molecule has 0 aromatic heterocycles. The average molecular weight is 247 g/mol. The van der Waals surface area contributed by atoms with Crippen LogP contribution in [0.4, 0.5) is 0 Å². The molecular formula is C12H16Cl2O. The van der Waals surface area contributed by atoms with Crippen molar-refractivity contribution in [3.8, 4) is 0 Å². The van der Waals surface area contributed by atoms with Crippen molar-refractivity contribution in [3.05, 3.63) is 21.9 Å². The fourth-order valence-corrected chi connectivity index (χ4v) is 2.51. The van der Waals surface area contributed by atoms with E-state index in [9.17, 15) is 0 Å². The molecule has 3 heteroatoms. The van der Waals surface area contributed by atoms with Crippen LogP contribution in [-0.2, 0) is 4.74 Å². The van der Waals surface area contributed by atoms with Crippen molar-refractivity contribution in [1.82, 2.24) is 0 Å². The highest BCUT2D eigenvalue weighted by molar-refractivity contribution is 6.56. The van der Waals surface area contributed by atoms with E-state index in [0.29, 0.717) is 4.49 Å². The van der Waals surface area contributed by atoms with E-state index in [-0.39, 0.29) is 6.10 Å². The Morgan fingerprint density at radius 3 is 2.67 bits per heavy atom. The van der Waals surface area contributed by atoms with Gasteiger partial charge in [-0.05, 0) is 37.2 Å². The second-order valence-electron chi connectivity index (χ2n) is 4.49. The summed E-state index contributed by atoms with van der Waals surface area (Å²) in [6.07, 6.45) is 8.10. The molecule has 84 valence electrons. The minimum atomic E-state index is 0.236. The second-order valence-corrected chi connectivity index (χ2v) is 5.44. The normalized spacial score (nSPS) is 31.1. The first-order valence-electron chi connectivity index (χ1n) is 5.56. The Morgan fingerprint density at radius 2 is 2.13 bits per heavy atom. The minimum Gasteiger partial charge on any atom is -0.488 e. The SMILES string of the molecule is CC1CC=C(C2CCC(=C(Cl)Cl)O2)CC1. The fraction of sp³-hybridized carbons (Fsp3) is 0.667. The van der Waals surface area contributed by atoms with Gasteiger partial charge in [0, 0.05) is 6.42 Å². The molecule has 0 aromatic rings. The van der Waals surface area contributed by atoms with Gasteiger partial charge < -0.3 is 4.74 Å². The topological polar surface area (TPSA) is 9.23 Å². The molecule has 0 amide bonds. The largest absolute Gasteiger partial charge is 0.488 e. The van der Waals surface area contributed by atoms with E-state index in [2.05, 4.69) is 13.0 Å². The first kappa shape index (κ1) is 11.3. The van der Waals surface area contributed by atoms with Gasteiger partial charge in [-0.2, -0.15) is 0 Å². The molecule has 0 N–H and O–H groups in total. The van der Waals surface area contributed by atoms with Gasteiger partial charge in [-0.3, -0.25) is 0 Å². The molecular weight excluding hydrogens is 231 g/mol. The van der Waals surface area contributed by atoms with Crippen LogP contribution in [0.15, 0.2) is 21.9 Å². The molecule has 0 radical (unpaired) electrons. The summed E-state index contributed by atoms with van der Waals surface area (Å²) in [7, 11) is 0. The van der Waals surface area contributed by atoms with Gasteiger partial charge in [0.25, 0.3) is 0 Å². The van der Waals surface area contributed by atoms with Gasteiger partial charge in [-0.25, -0.2) is 0 Å². The lowest BCUT2D eigenvalue weighted by Gasteiger charge is -2.22. The van der Waals surface area contributed by atoms with Crippen LogP contribution in [0.25, 0.3) is 0 Å². The van der Waals surface area contributed by atoms with Crippen molar-refractivity contribution >= 4 is 23.2 Å². The van der Waals surface area contributed by atoms with Crippen molar-refractivity contribution in [2.75, 3.05) is 0 Å². The van der Waals surface area contributed by atoms with Crippen molar-refractivity contribution in [1.29, 1.82) is 0 Å². The van der Waals surface area contributed by atoms with Crippen LogP contribution in [-0.4, -0.2) is 6.10 Å². The predicted octanol–water partition coefficient (Wildman–Crippen LogP) is 4.56. The van der Waals surface area contributed by atoms with Crippen LogP contribution < -0.4 is 0 Å². The van der Waals surface area contributed by atoms with Gasteiger partial charge in [0.1, 0.15) is 16.4 Å². The van der Waals surface area contributed by atoms with Gasteiger partial charge in [0.2, 0.25) is 0 Å². The molecule has 0 saturated carbocycles. The summed E-state index contributed by atoms with van der Waals surface area (Å²) in [4.78, 5) is 0. The molecule has 2 atom stereocenters. The Bertz CT molecular complexity index is 303. The summed E-state index contributed by atoms with van der Waals surface area (Å²) in [5, 5.41) is 0. The van der Waals surface area contributed by atoms with E-state index in [1.54, 1.807) is 0 Å². The highest BCUT2D eigenvalue weighted by atomic mass is 35.5. The van der Waals surface area contributed by atoms with Gasteiger partial charge in [-0.1, -0.05) is 36.2 Å². The smallest absolute Gasteiger partial charge is 0.144 e. The highest BCUT2D eigenvalue weighted by Gasteiger charge is 2.27. The fourth-order valence-electron chi connectivity index (χ4n) is 2.23. The Labute approximate surface area is 101 Å². The van der Waals surface area contributed by atoms with Crippen LogP contribution in [0.1, 0.15) is 39.0 Å². The molecule has 0 aromatic carbocycles. The Kier molecular flexibility index (Phi) is 3.63. The third-order valence-electron chi connectivity index (χ3n) is 3.25. The molecule has 0 bridgehead atoms. The quantitative estimate of drug-likeness (QED) is 0.617. The summed E-state index contributed by atoms with van der Waals surface area (Å²) < 4.78 is 6.04. The van der Waals surface area contributed by atoms with Crippen LogP contribution in [0, 0.1) is 5.92 Å². The third kappa shape index (κ3) is 2.70. The molecule has 1 saturated heterocycles. The number of rotatable bonds is 1. The van der Waals surface area contributed by atoms with Crippen molar-refractivity contribution < 1.29 is 4.74 Å². The van der Waals surface area contributed by atoms with E-state index in [4.69, 9.17) is 27.9 Å². The molecule has 2 rings (SSSR count). The first-order valence-corrected chi connectivity index (χ1v) is 6.32. The average Bonchev–Trinajstić information content (AvgIpc) is 2.68. The number of hydrogen-bond donors (Lipinski definition) is 0. The van der Waals surface area contributed by atoms with Crippen molar-refractivity contribution in [3.63, 3.8) is 0 Å². The van der Waals surface area contributed by atoms with Crippen LogP contribution in [0.2, 0.25) is 0 Å². The maximum Gasteiger partial charge on any atom is 0.144 e. The van der Waals surface area contributed by atoms with Crippen molar-refractivity contribution in [2.24, 2.45) is 5.92 Å². The minimum absolute atomic E-state index is 0.236. The lowest BCUT2D eigenvalue weighted by Crippen LogP contribution is -2.13. The molecule has 1 aliphatic heterocycles. The van der Waals surface area contributed by atoms with Gasteiger partial charge >= 0.3 is 0 Å². The lowest BCUT2D eigenvalue weighted by molar-refractivity contribution is 0.184. The zero-order valence-corrected chi connectivity index (χ0v) is 10.4. The van der Waals surface area contributed by atoms with E-state index in [1.165, 1.54) is 24.8 Å². The molecule has 0 spiro atoms. The molecule has 1 heterocycles. The zero-order chi connectivity index (χ0) is 10.8. The van der Waals surface area contributed by atoms with Gasteiger partial charge in [0.05, 0.1) is 0 Å². The highest BCUT2D eigenvalue weighted by Crippen LogP contribution is 2.36. The maximum absolute atomic E-state index is 5.75. The van der Waals surface area contributed by atoms with Crippen LogP contribution in [0.5, 0.6) is 0 Å².